The van der Waals surface area contributed by atoms with E-state index in [1.54, 1.807) is 0 Å². The number of para-hydroxylation sites is 1. The highest BCUT2D eigenvalue weighted by molar-refractivity contribution is 8.05. The summed E-state index contributed by atoms with van der Waals surface area (Å²) < 4.78 is 6.42. The fourth-order valence-corrected chi connectivity index (χ4v) is 5.55. The summed E-state index contributed by atoms with van der Waals surface area (Å²) in [7, 11) is 0. The fraction of sp³-hybridized carbons (Fsp3) is 0.120. The molecule has 0 aliphatic carbocycles. The number of fused-ring (bicyclic) bond motifs is 4. The van der Waals surface area contributed by atoms with Crippen LogP contribution in [0.2, 0.25) is 5.02 Å². The largest absolute Gasteiger partial charge is 0.439 e. The standard InChI is InChI=1S/C25H18ClN3O2S/c26-18-12-10-16(11-13-18)14-23-24(30)27-25(32-23)29-21(19-8-4-5-9-22(19)31-25)15-20(28-29)17-6-2-1-3-7-17/h1-14,21H,15H2,(H,27,30)/b23-14-. The average molecular weight is 460 g/mol. The second-order valence-corrected chi connectivity index (χ2v) is 9.45. The number of ether oxygens (including phenoxy) is 1. The van der Waals surface area contributed by atoms with Gasteiger partial charge in [-0.15, -0.1) is 0 Å². The van der Waals surface area contributed by atoms with Crippen molar-refractivity contribution < 1.29 is 9.53 Å². The van der Waals surface area contributed by atoms with Crippen LogP contribution in [0.25, 0.3) is 6.08 Å². The summed E-state index contributed by atoms with van der Waals surface area (Å²) in [5, 5.41) is 9.43. The first kappa shape index (κ1) is 19.5. The minimum absolute atomic E-state index is 0.0298. The molecule has 1 fully saturated rings. The van der Waals surface area contributed by atoms with Crippen molar-refractivity contribution in [2.75, 3.05) is 0 Å². The van der Waals surface area contributed by atoms with Crippen LogP contribution >= 0.6 is 23.4 Å². The van der Waals surface area contributed by atoms with E-state index < -0.39 is 5.18 Å². The van der Waals surface area contributed by atoms with Crippen LogP contribution in [-0.2, 0) is 4.79 Å². The highest BCUT2D eigenvalue weighted by Gasteiger charge is 2.57. The van der Waals surface area contributed by atoms with Gasteiger partial charge in [0.15, 0.2) is 0 Å². The number of halogens is 1. The highest BCUT2D eigenvalue weighted by atomic mass is 35.5. The number of thioether (sulfide) groups is 1. The molecule has 0 saturated carbocycles. The molecule has 1 saturated heterocycles. The van der Waals surface area contributed by atoms with E-state index in [4.69, 9.17) is 21.4 Å². The Balaban J connectivity index is 1.42. The molecule has 0 bridgehead atoms. The second-order valence-electron chi connectivity index (χ2n) is 7.82. The van der Waals surface area contributed by atoms with Gasteiger partial charge < -0.3 is 4.74 Å². The van der Waals surface area contributed by atoms with Crippen molar-refractivity contribution in [3.63, 3.8) is 0 Å². The summed E-state index contributed by atoms with van der Waals surface area (Å²) in [5.74, 6) is 0.574. The van der Waals surface area contributed by atoms with Gasteiger partial charge in [-0.1, -0.05) is 72.3 Å². The Morgan fingerprint density at radius 1 is 1.06 bits per heavy atom. The number of rotatable bonds is 2. The molecule has 5 nitrogen and oxygen atoms in total. The lowest BCUT2D eigenvalue weighted by atomic mass is 9.97. The van der Waals surface area contributed by atoms with Crippen LogP contribution in [0.1, 0.15) is 29.2 Å². The van der Waals surface area contributed by atoms with Gasteiger partial charge >= 0.3 is 5.18 Å². The number of nitrogens with zero attached hydrogens (tertiary/aromatic N) is 2. The van der Waals surface area contributed by atoms with Gasteiger partial charge in [0, 0.05) is 17.0 Å². The summed E-state index contributed by atoms with van der Waals surface area (Å²) in [6.45, 7) is 0. The molecular formula is C25H18ClN3O2S. The lowest BCUT2D eigenvalue weighted by Gasteiger charge is -2.43. The third-order valence-electron chi connectivity index (χ3n) is 5.76. The van der Waals surface area contributed by atoms with Crippen LogP contribution in [0.5, 0.6) is 5.75 Å². The number of carbonyl (C=O) groups is 1. The Morgan fingerprint density at radius 3 is 2.62 bits per heavy atom. The van der Waals surface area contributed by atoms with Gasteiger partial charge in [-0.25, -0.2) is 5.01 Å². The Morgan fingerprint density at radius 2 is 1.81 bits per heavy atom. The molecule has 1 N–H and O–H groups in total. The molecule has 7 heteroatoms. The first-order valence-corrected chi connectivity index (χ1v) is 11.5. The van der Waals surface area contributed by atoms with E-state index in [0.717, 1.165) is 34.6 Å². The van der Waals surface area contributed by atoms with Crippen LogP contribution in [-0.4, -0.2) is 21.8 Å². The number of hydrogen-bond donors (Lipinski definition) is 1. The Labute approximate surface area is 194 Å². The number of nitrogens with one attached hydrogen (secondary N) is 1. The fourth-order valence-electron chi connectivity index (χ4n) is 4.26. The van der Waals surface area contributed by atoms with Gasteiger partial charge in [-0.2, -0.15) is 5.10 Å². The topological polar surface area (TPSA) is 53.9 Å². The molecule has 6 rings (SSSR count). The molecule has 3 aromatic carbocycles. The minimum Gasteiger partial charge on any atom is -0.439 e. The molecule has 0 aromatic heterocycles. The van der Waals surface area contributed by atoms with Crippen molar-refractivity contribution in [3.05, 3.63) is 105 Å². The Kier molecular flexibility index (Phi) is 4.52. The Hall–Kier alpha value is -3.22. The van der Waals surface area contributed by atoms with E-state index in [-0.39, 0.29) is 11.9 Å². The van der Waals surface area contributed by atoms with Gasteiger partial charge in [-0.3, -0.25) is 10.1 Å². The number of carbonyl (C=O) groups excluding carboxylic acids is 1. The third-order valence-corrected chi connectivity index (χ3v) is 7.18. The van der Waals surface area contributed by atoms with Crippen molar-refractivity contribution >= 4 is 41.1 Å². The molecule has 2 atom stereocenters. The van der Waals surface area contributed by atoms with Crippen LogP contribution in [0.3, 0.4) is 0 Å². The SMILES string of the molecule is O=C1NC2(Oc3ccccc3C3CC(c4ccccc4)=NN32)S/C1=C\c1ccc(Cl)cc1. The molecule has 2 unspecified atom stereocenters. The predicted octanol–water partition coefficient (Wildman–Crippen LogP) is 5.40. The highest BCUT2D eigenvalue weighted by Crippen LogP contribution is 2.53. The summed E-state index contributed by atoms with van der Waals surface area (Å²) in [5.41, 5.74) is 4.01. The van der Waals surface area contributed by atoms with Crippen molar-refractivity contribution in [3.8, 4) is 5.75 Å². The van der Waals surface area contributed by atoms with E-state index in [2.05, 4.69) is 23.5 Å². The van der Waals surface area contributed by atoms with Crippen LogP contribution in [0.4, 0.5) is 0 Å². The normalized spacial score (nSPS) is 24.7. The maximum absolute atomic E-state index is 13.0. The van der Waals surface area contributed by atoms with Gasteiger partial charge in [0.05, 0.1) is 16.7 Å². The number of hydrazone groups is 1. The number of hydrogen-bond acceptors (Lipinski definition) is 5. The lowest BCUT2D eigenvalue weighted by molar-refractivity contribution is -0.127. The van der Waals surface area contributed by atoms with E-state index >= 15 is 0 Å². The molecule has 1 spiro atoms. The predicted molar refractivity (Wildman–Crippen MR) is 127 cm³/mol. The average Bonchev–Trinajstić information content (AvgIpc) is 3.39. The van der Waals surface area contributed by atoms with E-state index in [1.807, 2.05) is 71.7 Å². The minimum atomic E-state index is -1.13. The summed E-state index contributed by atoms with van der Waals surface area (Å²) in [6.07, 6.45) is 2.58. The molecule has 158 valence electrons. The quantitative estimate of drug-likeness (QED) is 0.521. The first-order valence-electron chi connectivity index (χ1n) is 10.3. The van der Waals surface area contributed by atoms with Gasteiger partial charge in [-0.05, 0) is 47.2 Å². The molecule has 0 radical (unpaired) electrons. The van der Waals surface area contributed by atoms with Crippen molar-refractivity contribution in [1.29, 1.82) is 0 Å². The maximum atomic E-state index is 13.0. The molecule has 32 heavy (non-hydrogen) atoms. The third kappa shape index (κ3) is 3.18. The zero-order chi connectivity index (χ0) is 21.7. The molecule has 3 aliphatic heterocycles. The first-order chi connectivity index (χ1) is 15.6. The van der Waals surface area contributed by atoms with Crippen molar-refractivity contribution in [1.82, 2.24) is 10.3 Å². The van der Waals surface area contributed by atoms with E-state index in [9.17, 15) is 4.79 Å². The Bertz CT molecular complexity index is 1280. The zero-order valence-corrected chi connectivity index (χ0v) is 18.4. The van der Waals surface area contributed by atoms with Crippen LogP contribution in [0, 0.1) is 0 Å². The van der Waals surface area contributed by atoms with Gasteiger partial charge in [0.1, 0.15) is 5.75 Å². The van der Waals surface area contributed by atoms with Crippen molar-refractivity contribution in [2.24, 2.45) is 5.10 Å². The zero-order valence-electron chi connectivity index (χ0n) is 16.9. The van der Waals surface area contributed by atoms with E-state index in [0.29, 0.717) is 9.93 Å². The van der Waals surface area contributed by atoms with Gasteiger partial charge in [0.2, 0.25) is 0 Å². The van der Waals surface area contributed by atoms with Crippen LogP contribution in [0.15, 0.2) is 88.9 Å². The summed E-state index contributed by atoms with van der Waals surface area (Å²) in [6, 6.07) is 25.4. The summed E-state index contributed by atoms with van der Waals surface area (Å²) >= 11 is 7.34. The second kappa shape index (κ2) is 7.43. The number of amides is 1. The number of benzene rings is 3. The van der Waals surface area contributed by atoms with Gasteiger partial charge in [0.25, 0.3) is 5.91 Å². The van der Waals surface area contributed by atoms with E-state index in [1.165, 1.54) is 11.8 Å². The summed E-state index contributed by atoms with van der Waals surface area (Å²) in [4.78, 5) is 13.6. The monoisotopic (exact) mass is 459 g/mol. The van der Waals surface area contributed by atoms with Crippen LogP contribution < -0.4 is 10.1 Å². The smallest absolute Gasteiger partial charge is 0.336 e. The maximum Gasteiger partial charge on any atom is 0.336 e. The molecule has 3 heterocycles. The molecular weight excluding hydrogens is 442 g/mol. The lowest BCUT2D eigenvalue weighted by Crippen LogP contribution is -2.58. The molecule has 1 amide bonds. The van der Waals surface area contributed by atoms with Crippen molar-refractivity contribution in [2.45, 2.75) is 17.6 Å². The molecule has 3 aliphatic rings. The molecule has 3 aromatic rings.